The van der Waals surface area contributed by atoms with E-state index in [-0.39, 0.29) is 38.0 Å². The zero-order chi connectivity index (χ0) is 50.7. The van der Waals surface area contributed by atoms with E-state index in [0.29, 0.717) is 6.42 Å². The van der Waals surface area contributed by atoms with Crippen LogP contribution in [-0.2, 0) is 28.6 Å². The average molecular weight is 968 g/mol. The topological polar surface area (TPSA) is 78.9 Å². The maximum Gasteiger partial charge on any atom is 0.309 e. The predicted octanol–water partition coefficient (Wildman–Crippen LogP) is 19.0. The molecule has 0 aromatic rings. The first-order valence-corrected chi connectivity index (χ1v) is 28.2. The minimum Gasteiger partial charge on any atom is -0.462 e. The SMILES string of the molecule is CC/C=C\C/C=C\C/C=C\C/C=C\C/C=C\CC(=O)OCC(COC(=O)CCCCCCCCCC/C=C\C/C=C\C/C=C\C/C=C\CC)OC(=O)CCCCCCC/C=C\C/C=C\CCCCCC. The van der Waals surface area contributed by atoms with Gasteiger partial charge in [0.25, 0.3) is 0 Å². The fourth-order valence-electron chi connectivity index (χ4n) is 7.24. The third kappa shape index (κ3) is 54.5. The van der Waals surface area contributed by atoms with E-state index < -0.39 is 12.1 Å². The van der Waals surface area contributed by atoms with E-state index in [1.165, 1.54) is 64.2 Å². The van der Waals surface area contributed by atoms with E-state index in [2.05, 4.69) is 142 Å². The maximum atomic E-state index is 12.8. The molecule has 0 bridgehead atoms. The lowest BCUT2D eigenvalue weighted by Gasteiger charge is -2.18. The summed E-state index contributed by atoms with van der Waals surface area (Å²) in [6.45, 7) is 6.28. The van der Waals surface area contributed by atoms with E-state index in [4.69, 9.17) is 14.2 Å². The van der Waals surface area contributed by atoms with Crippen LogP contribution in [0.5, 0.6) is 0 Å². The van der Waals surface area contributed by atoms with Crippen LogP contribution in [0.1, 0.15) is 233 Å². The van der Waals surface area contributed by atoms with Gasteiger partial charge < -0.3 is 14.2 Å². The van der Waals surface area contributed by atoms with Gasteiger partial charge in [0.2, 0.25) is 0 Å². The fourth-order valence-corrected chi connectivity index (χ4v) is 7.24. The smallest absolute Gasteiger partial charge is 0.309 e. The van der Waals surface area contributed by atoms with Crippen LogP contribution >= 0.6 is 0 Å². The molecule has 0 spiro atoms. The van der Waals surface area contributed by atoms with E-state index in [0.717, 1.165) is 128 Å². The van der Waals surface area contributed by atoms with Crippen LogP contribution in [0.15, 0.2) is 134 Å². The third-order valence-corrected chi connectivity index (χ3v) is 11.4. The zero-order valence-electron chi connectivity index (χ0n) is 45.0. The van der Waals surface area contributed by atoms with Crippen molar-refractivity contribution in [3.05, 3.63) is 134 Å². The first-order chi connectivity index (χ1) is 34.5. The highest BCUT2D eigenvalue weighted by Crippen LogP contribution is 2.13. The van der Waals surface area contributed by atoms with Crippen molar-refractivity contribution < 1.29 is 28.6 Å². The molecule has 1 unspecified atom stereocenters. The Kier molecular flexibility index (Phi) is 53.5. The van der Waals surface area contributed by atoms with Gasteiger partial charge in [0.1, 0.15) is 13.2 Å². The van der Waals surface area contributed by atoms with Crippen LogP contribution in [0.3, 0.4) is 0 Å². The molecule has 70 heavy (non-hydrogen) atoms. The number of carbonyl (C=O) groups is 3. The summed E-state index contributed by atoms with van der Waals surface area (Å²) < 4.78 is 16.7. The largest absolute Gasteiger partial charge is 0.462 e. The second-order valence-corrected chi connectivity index (χ2v) is 18.1. The van der Waals surface area contributed by atoms with Crippen LogP contribution in [-0.4, -0.2) is 37.2 Å². The van der Waals surface area contributed by atoms with Gasteiger partial charge in [-0.05, 0) is 116 Å². The molecule has 0 saturated carbocycles. The number of hydrogen-bond acceptors (Lipinski definition) is 6. The number of esters is 3. The number of unbranched alkanes of at least 4 members (excludes halogenated alkanes) is 17. The summed E-state index contributed by atoms with van der Waals surface area (Å²) in [5, 5.41) is 0. The number of ether oxygens (including phenoxy) is 3. The highest BCUT2D eigenvalue weighted by molar-refractivity contribution is 5.72. The van der Waals surface area contributed by atoms with Gasteiger partial charge in [-0.3, -0.25) is 14.4 Å². The summed E-state index contributed by atoms with van der Waals surface area (Å²) in [6.07, 6.45) is 80.3. The molecule has 0 saturated heterocycles. The minimum absolute atomic E-state index is 0.117. The molecule has 0 radical (unpaired) electrons. The van der Waals surface area contributed by atoms with E-state index in [1.807, 2.05) is 6.08 Å². The summed E-state index contributed by atoms with van der Waals surface area (Å²) in [5.74, 6) is -1.08. The van der Waals surface area contributed by atoms with Gasteiger partial charge in [-0.25, -0.2) is 0 Å². The van der Waals surface area contributed by atoms with Crippen LogP contribution in [0.4, 0.5) is 0 Å². The molecule has 0 aromatic heterocycles. The molecule has 0 amide bonds. The van der Waals surface area contributed by atoms with Crippen LogP contribution in [0, 0.1) is 0 Å². The van der Waals surface area contributed by atoms with E-state index in [9.17, 15) is 14.4 Å². The predicted molar refractivity (Wildman–Crippen MR) is 302 cm³/mol. The Morgan fingerprint density at radius 3 is 1.00 bits per heavy atom. The van der Waals surface area contributed by atoms with E-state index >= 15 is 0 Å². The molecule has 0 rings (SSSR count). The standard InChI is InChI=1S/C64H102O6/c1-4-7-10-13-16-19-22-25-28-30-31-32-33-34-37-39-42-45-48-51-54-57-63(66)69-60-61(59-68-62(65)56-53-50-47-44-41-38-35-27-24-21-18-15-12-9-6-3)70-64(67)58-55-52-49-46-43-40-36-29-26-23-20-17-14-11-8-5-2/h7,9-10,12,16,18-21,23,25,27-29,31-32,35-36,41,44,50,53,61H,4-6,8,11,13-15,17,22,24,26,30,33-34,37-40,42-43,45-49,51-52,54-60H2,1-3H3/b10-7-,12-9-,19-16-,21-18-,23-20-,28-25-,32-31-,35-27-,36-29-,44-41-,53-50-. The highest BCUT2D eigenvalue weighted by Gasteiger charge is 2.19. The summed E-state index contributed by atoms with van der Waals surface area (Å²) in [5.41, 5.74) is 0. The molecule has 0 aromatic carbocycles. The Morgan fingerprint density at radius 1 is 0.314 bits per heavy atom. The Hall–Kier alpha value is -4.45. The molecule has 0 heterocycles. The molecular formula is C64H102O6. The van der Waals surface area contributed by atoms with Crippen molar-refractivity contribution in [2.45, 2.75) is 239 Å². The summed E-state index contributed by atoms with van der Waals surface area (Å²) in [7, 11) is 0. The summed E-state index contributed by atoms with van der Waals surface area (Å²) >= 11 is 0. The van der Waals surface area contributed by atoms with Gasteiger partial charge in [0.15, 0.2) is 6.10 Å². The number of carbonyl (C=O) groups excluding carboxylic acids is 3. The Bertz CT molecular complexity index is 1530. The fraction of sp³-hybridized carbons (Fsp3) is 0.609. The van der Waals surface area contributed by atoms with Crippen LogP contribution in [0.25, 0.3) is 0 Å². The Balaban J connectivity index is 4.52. The number of allylic oxidation sites excluding steroid dienone is 21. The lowest BCUT2D eigenvalue weighted by molar-refractivity contribution is -0.166. The summed E-state index contributed by atoms with van der Waals surface area (Å²) in [4.78, 5) is 38.1. The van der Waals surface area contributed by atoms with Crippen molar-refractivity contribution >= 4 is 17.9 Å². The van der Waals surface area contributed by atoms with Crippen LogP contribution in [0.2, 0.25) is 0 Å². The van der Waals surface area contributed by atoms with Crippen molar-refractivity contribution in [3.8, 4) is 0 Å². The number of rotatable bonds is 49. The first-order valence-electron chi connectivity index (χ1n) is 28.2. The molecular weight excluding hydrogens is 865 g/mol. The molecule has 0 N–H and O–H groups in total. The second-order valence-electron chi connectivity index (χ2n) is 18.1. The lowest BCUT2D eigenvalue weighted by Crippen LogP contribution is -2.30. The minimum atomic E-state index is -0.834. The monoisotopic (exact) mass is 967 g/mol. The molecule has 6 nitrogen and oxygen atoms in total. The van der Waals surface area contributed by atoms with Crippen molar-refractivity contribution in [2.24, 2.45) is 0 Å². The molecule has 1 atom stereocenters. The van der Waals surface area contributed by atoms with Gasteiger partial charge in [0, 0.05) is 12.8 Å². The normalized spacial score (nSPS) is 13.1. The molecule has 0 aliphatic heterocycles. The van der Waals surface area contributed by atoms with Gasteiger partial charge >= 0.3 is 17.9 Å². The average Bonchev–Trinajstić information content (AvgIpc) is 3.36. The molecule has 0 aliphatic carbocycles. The Morgan fingerprint density at radius 2 is 0.614 bits per heavy atom. The van der Waals surface area contributed by atoms with Gasteiger partial charge in [0.05, 0.1) is 6.42 Å². The quantitative estimate of drug-likeness (QED) is 0.0262. The second kappa shape index (κ2) is 57.1. The van der Waals surface area contributed by atoms with Crippen LogP contribution < -0.4 is 0 Å². The van der Waals surface area contributed by atoms with E-state index in [1.54, 1.807) is 6.08 Å². The van der Waals surface area contributed by atoms with Gasteiger partial charge in [-0.1, -0.05) is 231 Å². The molecule has 0 fully saturated rings. The molecule has 394 valence electrons. The van der Waals surface area contributed by atoms with Crippen molar-refractivity contribution in [1.82, 2.24) is 0 Å². The third-order valence-electron chi connectivity index (χ3n) is 11.4. The molecule has 0 aliphatic rings. The summed E-state index contributed by atoms with van der Waals surface area (Å²) in [6, 6.07) is 0. The number of hydrogen-bond donors (Lipinski definition) is 0. The lowest BCUT2D eigenvalue weighted by atomic mass is 10.1. The highest BCUT2D eigenvalue weighted by atomic mass is 16.6. The first kappa shape index (κ1) is 65.5. The van der Waals surface area contributed by atoms with Gasteiger partial charge in [-0.15, -0.1) is 0 Å². The maximum absolute atomic E-state index is 12.8. The Labute approximate surface area is 430 Å². The van der Waals surface area contributed by atoms with Crippen molar-refractivity contribution in [1.29, 1.82) is 0 Å². The van der Waals surface area contributed by atoms with Crippen molar-refractivity contribution in [2.75, 3.05) is 13.2 Å². The van der Waals surface area contributed by atoms with Gasteiger partial charge in [-0.2, -0.15) is 0 Å². The van der Waals surface area contributed by atoms with Crippen molar-refractivity contribution in [3.63, 3.8) is 0 Å². The zero-order valence-corrected chi connectivity index (χ0v) is 45.0. The molecule has 6 heteroatoms.